The van der Waals surface area contributed by atoms with E-state index in [1.807, 2.05) is 0 Å². The molecule has 0 radical (unpaired) electrons. The van der Waals surface area contributed by atoms with Crippen molar-refractivity contribution >= 4 is 11.8 Å². The highest BCUT2D eigenvalue weighted by atomic mass is 16.5. The number of unbranched alkanes of at least 4 members (excludes halogenated alkanes) is 1. The van der Waals surface area contributed by atoms with Crippen LogP contribution < -0.4 is 4.74 Å². The number of benzene rings is 1. The molecule has 0 saturated heterocycles. The zero-order valence-electron chi connectivity index (χ0n) is 13.4. The van der Waals surface area contributed by atoms with Crippen molar-refractivity contribution in [2.75, 3.05) is 6.61 Å². The number of Topliss-reactive ketones (excluding diaryl/α,β-unsaturated/α-hetero) is 1. The maximum atomic E-state index is 11.7. The maximum absolute atomic E-state index is 11.7. The van der Waals surface area contributed by atoms with E-state index in [4.69, 9.17) is 9.84 Å². The Morgan fingerprint density at radius 3 is 2.52 bits per heavy atom. The normalized spacial score (nSPS) is 12.3. The molecule has 2 N–H and O–H groups in total. The number of aliphatic hydroxyl groups is 2. The van der Waals surface area contributed by atoms with Gasteiger partial charge < -0.3 is 14.9 Å². The first kappa shape index (κ1) is 19.1. The summed E-state index contributed by atoms with van der Waals surface area (Å²) in [6, 6.07) is 6.55. The van der Waals surface area contributed by atoms with Crippen LogP contribution in [0, 0.1) is 0 Å². The molecule has 0 fully saturated rings. The quantitative estimate of drug-likeness (QED) is 0.299. The van der Waals surface area contributed by atoms with E-state index >= 15 is 0 Å². The van der Waals surface area contributed by atoms with Gasteiger partial charge in [0.15, 0.2) is 5.78 Å². The van der Waals surface area contributed by atoms with Crippen LogP contribution in [-0.4, -0.2) is 34.7 Å². The second kappa shape index (κ2) is 10.7. The molecule has 5 nitrogen and oxygen atoms in total. The summed E-state index contributed by atoms with van der Waals surface area (Å²) in [7, 11) is 0. The molecule has 1 aromatic rings. The van der Waals surface area contributed by atoms with Crippen LogP contribution in [-0.2, 0) is 16.0 Å². The average Bonchev–Trinajstić information content (AvgIpc) is 2.55. The van der Waals surface area contributed by atoms with Crippen molar-refractivity contribution in [2.45, 2.75) is 45.1 Å². The number of hydrogen-bond acceptors (Lipinski definition) is 5. The lowest BCUT2D eigenvalue weighted by Crippen LogP contribution is -2.25. The summed E-state index contributed by atoms with van der Waals surface area (Å²) in [6.45, 7) is 1.48. The van der Waals surface area contributed by atoms with Crippen molar-refractivity contribution in [2.24, 2.45) is 0 Å². The average molecular weight is 320 g/mol. The number of hydrogen-bond donors (Lipinski definition) is 2. The Kier molecular flexibility index (Phi) is 8.87. The largest absolute Gasteiger partial charge is 0.427 e. The molecule has 0 aliphatic heterocycles. The van der Waals surface area contributed by atoms with E-state index in [0.29, 0.717) is 17.7 Å². The minimum Gasteiger partial charge on any atom is -0.427 e. The molecule has 0 aliphatic carbocycles. The van der Waals surface area contributed by atoms with E-state index in [1.54, 1.807) is 24.3 Å². The predicted molar refractivity (Wildman–Crippen MR) is 87.2 cm³/mol. The highest BCUT2D eigenvalue weighted by Gasteiger charge is 2.14. The summed E-state index contributed by atoms with van der Waals surface area (Å²) >= 11 is 0. The van der Waals surface area contributed by atoms with Gasteiger partial charge in [-0.25, -0.2) is 0 Å². The first-order chi connectivity index (χ1) is 11.1. The van der Waals surface area contributed by atoms with Gasteiger partial charge in [0.1, 0.15) is 11.9 Å². The Morgan fingerprint density at radius 2 is 1.91 bits per heavy atom. The molecule has 0 amide bonds. The summed E-state index contributed by atoms with van der Waals surface area (Å²) in [6.07, 6.45) is 5.76. The number of carbonyl (C=O) groups excluding carboxylic acids is 2. The van der Waals surface area contributed by atoms with Crippen molar-refractivity contribution in [1.82, 2.24) is 0 Å². The Hall–Kier alpha value is -1.98. The Bertz CT molecular complexity index is 519. The fourth-order valence-corrected chi connectivity index (χ4v) is 1.93. The second-order valence-corrected chi connectivity index (χ2v) is 5.23. The highest BCUT2D eigenvalue weighted by Crippen LogP contribution is 2.14. The van der Waals surface area contributed by atoms with Gasteiger partial charge in [-0.1, -0.05) is 31.2 Å². The molecule has 1 aromatic carbocycles. The molecule has 0 aliphatic rings. The van der Waals surface area contributed by atoms with E-state index in [1.165, 1.54) is 0 Å². The van der Waals surface area contributed by atoms with Gasteiger partial charge in [0.2, 0.25) is 0 Å². The molecule has 126 valence electrons. The third-order valence-electron chi connectivity index (χ3n) is 3.23. The zero-order chi connectivity index (χ0) is 17.1. The highest BCUT2D eigenvalue weighted by molar-refractivity contribution is 5.85. The molecule has 23 heavy (non-hydrogen) atoms. The summed E-state index contributed by atoms with van der Waals surface area (Å²) < 4.78 is 5.21. The van der Waals surface area contributed by atoms with Crippen LogP contribution in [0.4, 0.5) is 0 Å². The number of rotatable bonds is 10. The first-order valence-corrected chi connectivity index (χ1v) is 7.83. The second-order valence-electron chi connectivity index (χ2n) is 5.23. The summed E-state index contributed by atoms with van der Waals surface area (Å²) in [5.74, 6) is -0.301. The van der Waals surface area contributed by atoms with Crippen molar-refractivity contribution in [3.8, 4) is 5.75 Å². The number of carbonyl (C=O) groups is 2. The van der Waals surface area contributed by atoms with E-state index in [0.717, 1.165) is 19.3 Å². The van der Waals surface area contributed by atoms with Gasteiger partial charge >= 0.3 is 5.97 Å². The molecule has 0 saturated carbocycles. The fourth-order valence-electron chi connectivity index (χ4n) is 1.93. The molecule has 5 heteroatoms. The molecule has 1 atom stereocenters. The summed E-state index contributed by atoms with van der Waals surface area (Å²) in [5.41, 5.74) is 0.687. The van der Waals surface area contributed by atoms with Gasteiger partial charge in [0, 0.05) is 12.8 Å². The number of aliphatic hydroxyl groups excluding tert-OH is 2. The molecule has 0 aromatic heterocycles. The lowest BCUT2D eigenvalue weighted by Gasteiger charge is -2.07. The van der Waals surface area contributed by atoms with Gasteiger partial charge in [-0.05, 0) is 37.0 Å². The van der Waals surface area contributed by atoms with Crippen LogP contribution in [0.2, 0.25) is 0 Å². The summed E-state index contributed by atoms with van der Waals surface area (Å²) in [4.78, 5) is 23.2. The SMILES string of the molecule is CC/C=C\CCCC(=O)Oc1ccc(CC(=O)C(O)CO)cc1. The minimum absolute atomic E-state index is 0.0275. The minimum atomic E-state index is -1.35. The number of ether oxygens (including phenoxy) is 1. The molecule has 1 rings (SSSR count). The smallest absolute Gasteiger partial charge is 0.311 e. The van der Waals surface area contributed by atoms with Gasteiger partial charge in [-0.2, -0.15) is 0 Å². The van der Waals surface area contributed by atoms with E-state index < -0.39 is 18.5 Å². The standard InChI is InChI=1S/C18H24O5/c1-2-3-4-5-6-7-18(22)23-15-10-8-14(9-11-15)12-16(20)17(21)13-19/h3-4,8-11,17,19,21H,2,5-7,12-13H2,1H3/b4-3-. The fraction of sp³-hybridized carbons (Fsp3) is 0.444. The number of allylic oxidation sites excluding steroid dienone is 2. The third-order valence-corrected chi connectivity index (χ3v) is 3.23. The van der Waals surface area contributed by atoms with Gasteiger partial charge in [0.25, 0.3) is 0 Å². The van der Waals surface area contributed by atoms with Gasteiger partial charge in [0.05, 0.1) is 6.61 Å². The van der Waals surface area contributed by atoms with Gasteiger partial charge in [-0.3, -0.25) is 9.59 Å². The molecule has 0 bridgehead atoms. The Labute approximate surface area is 136 Å². The monoisotopic (exact) mass is 320 g/mol. The van der Waals surface area contributed by atoms with Crippen LogP contribution in [0.1, 0.15) is 38.2 Å². The van der Waals surface area contributed by atoms with Crippen LogP contribution in [0.25, 0.3) is 0 Å². The lowest BCUT2D eigenvalue weighted by molar-refractivity contribution is -0.134. The lowest BCUT2D eigenvalue weighted by atomic mass is 10.1. The van der Waals surface area contributed by atoms with Crippen LogP contribution in [0.3, 0.4) is 0 Å². The van der Waals surface area contributed by atoms with E-state index in [-0.39, 0.29) is 12.4 Å². The van der Waals surface area contributed by atoms with Gasteiger partial charge in [-0.15, -0.1) is 0 Å². The van der Waals surface area contributed by atoms with Crippen LogP contribution in [0.15, 0.2) is 36.4 Å². The number of esters is 1. The molecular formula is C18H24O5. The summed E-state index contributed by atoms with van der Waals surface area (Å²) in [5, 5.41) is 17.9. The predicted octanol–water partition coefficient (Wildman–Crippen LogP) is 2.19. The number of ketones is 1. The van der Waals surface area contributed by atoms with E-state index in [9.17, 15) is 14.7 Å². The molecule has 1 unspecified atom stereocenters. The molecular weight excluding hydrogens is 296 g/mol. The molecule has 0 heterocycles. The first-order valence-electron chi connectivity index (χ1n) is 7.83. The van der Waals surface area contributed by atoms with E-state index in [2.05, 4.69) is 19.1 Å². The van der Waals surface area contributed by atoms with Crippen LogP contribution >= 0.6 is 0 Å². The third kappa shape index (κ3) is 7.72. The van der Waals surface area contributed by atoms with Crippen molar-refractivity contribution in [3.05, 3.63) is 42.0 Å². The van der Waals surface area contributed by atoms with Crippen LogP contribution in [0.5, 0.6) is 5.75 Å². The Balaban J connectivity index is 2.40. The maximum Gasteiger partial charge on any atom is 0.311 e. The van der Waals surface area contributed by atoms with Crippen molar-refractivity contribution in [3.63, 3.8) is 0 Å². The molecule has 0 spiro atoms. The zero-order valence-corrected chi connectivity index (χ0v) is 13.4. The van der Waals surface area contributed by atoms with Crippen molar-refractivity contribution < 1.29 is 24.5 Å². The Morgan fingerprint density at radius 1 is 1.22 bits per heavy atom. The van der Waals surface area contributed by atoms with Crippen molar-refractivity contribution in [1.29, 1.82) is 0 Å². The topological polar surface area (TPSA) is 83.8 Å².